The van der Waals surface area contributed by atoms with E-state index in [9.17, 15) is 9.59 Å². The lowest BCUT2D eigenvalue weighted by molar-refractivity contribution is -0.144. The molecule has 2 saturated heterocycles. The van der Waals surface area contributed by atoms with E-state index in [1.54, 1.807) is 6.20 Å². The molecule has 6 heteroatoms. The van der Waals surface area contributed by atoms with Crippen LogP contribution in [0.5, 0.6) is 0 Å². The van der Waals surface area contributed by atoms with Gasteiger partial charge in [-0.3, -0.25) is 14.6 Å². The molecule has 2 aromatic rings. The van der Waals surface area contributed by atoms with Crippen molar-refractivity contribution in [3.8, 4) is 11.1 Å². The Morgan fingerprint density at radius 3 is 2.69 bits per heavy atom. The van der Waals surface area contributed by atoms with Gasteiger partial charge in [-0.1, -0.05) is 30.3 Å². The molecule has 4 rings (SSSR count). The molecule has 2 aliphatic heterocycles. The summed E-state index contributed by atoms with van der Waals surface area (Å²) >= 11 is 0. The minimum Gasteiger partial charge on any atom is -0.368 e. The summed E-state index contributed by atoms with van der Waals surface area (Å²) in [5, 5.41) is 0. The van der Waals surface area contributed by atoms with Gasteiger partial charge >= 0.3 is 0 Å². The predicted octanol–water partition coefficient (Wildman–Crippen LogP) is 3.56. The summed E-state index contributed by atoms with van der Waals surface area (Å²) < 4.78 is 5.64. The molecular weight excluding hydrogens is 402 g/mol. The number of nitrogens with zero attached hydrogens (tertiary/aromatic N) is 3. The number of hydrogen-bond donors (Lipinski definition) is 0. The van der Waals surface area contributed by atoms with Crippen molar-refractivity contribution in [1.82, 2.24) is 14.8 Å². The van der Waals surface area contributed by atoms with Crippen molar-refractivity contribution in [1.29, 1.82) is 0 Å². The number of carbonyl (C=O) groups is 2. The molecule has 2 aliphatic rings. The van der Waals surface area contributed by atoms with Crippen LogP contribution in [0.2, 0.25) is 0 Å². The molecule has 0 spiro atoms. The standard InChI is InChI=1S/C26H33N3O3/c1-3-28(4-2)25(31)26(12-14-29(19-26)24(30)23-11-7-15-32-23)17-20-8-5-9-21(16-20)22-10-6-13-27-18-22/h5-6,8-10,13,16,18,23H,3-4,7,11-12,14-15,17,19H2,1-2H3. The third kappa shape index (κ3) is 4.56. The largest absolute Gasteiger partial charge is 0.368 e. The van der Waals surface area contributed by atoms with Crippen LogP contribution < -0.4 is 0 Å². The third-order valence-electron chi connectivity index (χ3n) is 6.84. The summed E-state index contributed by atoms with van der Waals surface area (Å²) in [5.41, 5.74) is 2.65. The Morgan fingerprint density at radius 1 is 1.19 bits per heavy atom. The second kappa shape index (κ2) is 9.82. The highest BCUT2D eigenvalue weighted by Gasteiger charge is 2.48. The normalized spacial score (nSPS) is 22.8. The van der Waals surface area contributed by atoms with Crippen LogP contribution in [-0.4, -0.2) is 65.5 Å². The molecule has 1 aromatic heterocycles. The average molecular weight is 436 g/mol. The molecule has 170 valence electrons. The van der Waals surface area contributed by atoms with Crippen LogP contribution in [0.15, 0.2) is 48.8 Å². The van der Waals surface area contributed by atoms with Crippen LogP contribution in [0.3, 0.4) is 0 Å². The molecule has 2 unspecified atom stereocenters. The van der Waals surface area contributed by atoms with Gasteiger partial charge in [0.1, 0.15) is 6.10 Å². The Kier molecular flexibility index (Phi) is 6.89. The van der Waals surface area contributed by atoms with Crippen molar-refractivity contribution >= 4 is 11.8 Å². The lowest BCUT2D eigenvalue weighted by atomic mass is 9.79. The molecule has 0 N–H and O–H groups in total. The lowest BCUT2D eigenvalue weighted by Gasteiger charge is -2.34. The summed E-state index contributed by atoms with van der Waals surface area (Å²) in [6.07, 6.45) is 6.28. The van der Waals surface area contributed by atoms with E-state index in [-0.39, 0.29) is 17.9 Å². The fourth-order valence-electron chi connectivity index (χ4n) is 5.06. The summed E-state index contributed by atoms with van der Waals surface area (Å²) in [6.45, 7) is 7.09. The Balaban J connectivity index is 1.61. The molecule has 0 aliphatic carbocycles. The van der Waals surface area contributed by atoms with Crippen LogP contribution in [0, 0.1) is 5.41 Å². The number of rotatable bonds is 7. The van der Waals surface area contributed by atoms with Gasteiger partial charge in [0.15, 0.2) is 0 Å². The maximum Gasteiger partial charge on any atom is 0.251 e. The van der Waals surface area contributed by atoms with E-state index in [0.29, 0.717) is 45.6 Å². The maximum atomic E-state index is 13.7. The second-order valence-electron chi connectivity index (χ2n) is 8.89. The fourth-order valence-corrected chi connectivity index (χ4v) is 5.06. The van der Waals surface area contributed by atoms with Crippen molar-refractivity contribution in [3.63, 3.8) is 0 Å². The van der Waals surface area contributed by atoms with Crippen LogP contribution in [0.25, 0.3) is 11.1 Å². The van der Waals surface area contributed by atoms with E-state index in [1.807, 2.05) is 48.0 Å². The van der Waals surface area contributed by atoms with Gasteiger partial charge in [-0.2, -0.15) is 0 Å². The van der Waals surface area contributed by atoms with Crippen molar-refractivity contribution in [2.24, 2.45) is 5.41 Å². The predicted molar refractivity (Wildman–Crippen MR) is 124 cm³/mol. The smallest absolute Gasteiger partial charge is 0.251 e. The first-order valence-corrected chi connectivity index (χ1v) is 11.8. The second-order valence-corrected chi connectivity index (χ2v) is 8.89. The van der Waals surface area contributed by atoms with Gasteiger partial charge in [0.05, 0.1) is 5.41 Å². The molecule has 6 nitrogen and oxygen atoms in total. The average Bonchev–Trinajstić information content (AvgIpc) is 3.52. The van der Waals surface area contributed by atoms with E-state index < -0.39 is 5.41 Å². The Morgan fingerprint density at radius 2 is 2.00 bits per heavy atom. The zero-order valence-electron chi connectivity index (χ0n) is 19.1. The summed E-state index contributed by atoms with van der Waals surface area (Å²) in [6, 6.07) is 12.3. The number of benzene rings is 1. The van der Waals surface area contributed by atoms with Crippen molar-refractivity contribution in [3.05, 3.63) is 54.4 Å². The van der Waals surface area contributed by atoms with Gasteiger partial charge in [-0.15, -0.1) is 0 Å². The van der Waals surface area contributed by atoms with E-state index in [0.717, 1.165) is 29.5 Å². The minimum absolute atomic E-state index is 0.0424. The molecular formula is C26H33N3O3. The molecule has 2 fully saturated rings. The van der Waals surface area contributed by atoms with E-state index in [4.69, 9.17) is 4.74 Å². The van der Waals surface area contributed by atoms with Gasteiger partial charge in [-0.05, 0) is 62.3 Å². The molecule has 32 heavy (non-hydrogen) atoms. The van der Waals surface area contributed by atoms with E-state index in [1.165, 1.54) is 0 Å². The van der Waals surface area contributed by atoms with Crippen LogP contribution in [0.4, 0.5) is 0 Å². The van der Waals surface area contributed by atoms with Gasteiger partial charge in [-0.25, -0.2) is 0 Å². The van der Waals surface area contributed by atoms with Crippen molar-refractivity contribution in [2.45, 2.75) is 45.6 Å². The Bertz CT molecular complexity index is 938. The number of hydrogen-bond acceptors (Lipinski definition) is 4. The monoisotopic (exact) mass is 435 g/mol. The number of aromatic nitrogens is 1. The molecule has 0 saturated carbocycles. The maximum absolute atomic E-state index is 13.7. The first-order chi connectivity index (χ1) is 15.6. The van der Waals surface area contributed by atoms with Crippen LogP contribution in [-0.2, 0) is 20.7 Å². The van der Waals surface area contributed by atoms with Crippen LogP contribution >= 0.6 is 0 Å². The SMILES string of the molecule is CCN(CC)C(=O)C1(Cc2cccc(-c3cccnc3)c2)CCN(C(=O)C2CCCO2)C1. The molecule has 2 amide bonds. The van der Waals surface area contributed by atoms with Gasteiger partial charge in [0.2, 0.25) is 5.91 Å². The summed E-state index contributed by atoms with van der Waals surface area (Å²) in [4.78, 5) is 34.8. The molecule has 2 atom stereocenters. The van der Waals surface area contributed by atoms with E-state index >= 15 is 0 Å². The van der Waals surface area contributed by atoms with Gasteiger partial charge in [0, 0.05) is 45.2 Å². The first kappa shape index (κ1) is 22.5. The summed E-state index contributed by atoms with van der Waals surface area (Å²) in [7, 11) is 0. The number of pyridine rings is 1. The topological polar surface area (TPSA) is 62.7 Å². The zero-order chi connectivity index (χ0) is 22.6. The quantitative estimate of drug-likeness (QED) is 0.667. The van der Waals surface area contributed by atoms with Crippen LogP contribution in [0.1, 0.15) is 38.7 Å². The number of amides is 2. The van der Waals surface area contributed by atoms with Crippen molar-refractivity contribution < 1.29 is 14.3 Å². The lowest BCUT2D eigenvalue weighted by Crippen LogP contribution is -2.48. The van der Waals surface area contributed by atoms with Crippen molar-refractivity contribution in [2.75, 3.05) is 32.8 Å². The highest BCUT2D eigenvalue weighted by molar-refractivity contribution is 5.87. The molecule has 3 heterocycles. The number of carbonyl (C=O) groups excluding carboxylic acids is 2. The zero-order valence-corrected chi connectivity index (χ0v) is 19.1. The highest BCUT2D eigenvalue weighted by Crippen LogP contribution is 2.38. The van der Waals surface area contributed by atoms with Gasteiger partial charge in [0.25, 0.3) is 5.91 Å². The minimum atomic E-state index is -0.603. The summed E-state index contributed by atoms with van der Waals surface area (Å²) in [5.74, 6) is 0.192. The van der Waals surface area contributed by atoms with E-state index in [2.05, 4.69) is 23.2 Å². The molecule has 0 bridgehead atoms. The molecule has 0 radical (unpaired) electrons. The highest BCUT2D eigenvalue weighted by atomic mass is 16.5. The fraction of sp³-hybridized carbons (Fsp3) is 0.500. The number of ether oxygens (including phenoxy) is 1. The Labute approximate surface area is 190 Å². The first-order valence-electron chi connectivity index (χ1n) is 11.8. The molecule has 1 aromatic carbocycles. The Hall–Kier alpha value is -2.73. The number of likely N-dealkylation sites (tertiary alicyclic amines) is 1. The third-order valence-corrected chi connectivity index (χ3v) is 6.84. The van der Waals surface area contributed by atoms with Gasteiger partial charge < -0.3 is 14.5 Å².